The van der Waals surface area contributed by atoms with Crippen LogP contribution >= 0.6 is 0 Å². The summed E-state index contributed by atoms with van der Waals surface area (Å²) in [5.41, 5.74) is 4.70. The van der Waals surface area contributed by atoms with Crippen molar-refractivity contribution in [3.63, 3.8) is 0 Å². The molecule has 0 aromatic heterocycles. The van der Waals surface area contributed by atoms with Crippen molar-refractivity contribution in [3.8, 4) is 0 Å². The molecular weight excluding hydrogens is 542 g/mol. The average Bonchev–Trinajstić information content (AvgIpc) is 3.20. The van der Waals surface area contributed by atoms with E-state index in [9.17, 15) is 0 Å². The maximum atomic E-state index is 3.43. The number of rotatable bonds is 1. The Kier molecular flexibility index (Phi) is 13.8. The number of hydrogen-bond donors (Lipinski definition) is 0. The Morgan fingerprint density at radius 3 is 2.35 bits per heavy atom. The van der Waals surface area contributed by atoms with Gasteiger partial charge in [-0.1, -0.05) is 44.9 Å². The zero-order valence-electron chi connectivity index (χ0n) is 13.8. The van der Waals surface area contributed by atoms with E-state index in [-0.39, 0.29) is 69.7 Å². The molecule has 0 unspecified atom stereocenters. The van der Waals surface area contributed by atoms with Crippen LogP contribution < -0.4 is 48.0 Å². The Bertz CT molecular complexity index is 461. The first kappa shape index (κ1) is 24.0. The van der Waals surface area contributed by atoms with Crippen molar-refractivity contribution >= 4 is 0 Å². The molecule has 0 aliphatic heterocycles. The Balaban J connectivity index is 0.000000377. The fraction of sp³-hybridized carbons (Fsp3) is 0.550. The minimum atomic E-state index is 0. The largest absolute Gasteiger partial charge is 4.00 e. The van der Waals surface area contributed by atoms with Crippen molar-refractivity contribution in [3.05, 3.63) is 53.1 Å². The third-order valence-corrected chi connectivity index (χ3v) is 4.92. The van der Waals surface area contributed by atoms with E-state index in [0.717, 1.165) is 12.3 Å². The molecule has 124 valence electrons. The van der Waals surface area contributed by atoms with Gasteiger partial charge >= 0.3 is 21.7 Å². The molecule has 3 aliphatic rings. The summed E-state index contributed by atoms with van der Waals surface area (Å²) in [5, 5.41) is 0. The SMILES string of the molecule is [C-]1=C(C2CCCCC2)C=CC1.[I-].[I-].[Ti+4].c1cc2c([cH-]1)CCCC2. The third-order valence-electron chi connectivity index (χ3n) is 4.92. The summed E-state index contributed by atoms with van der Waals surface area (Å²) in [6, 6.07) is 6.69. The van der Waals surface area contributed by atoms with Crippen LogP contribution in [0.25, 0.3) is 0 Å². The number of allylic oxidation sites excluding steroid dienone is 4. The maximum absolute atomic E-state index is 3.43. The summed E-state index contributed by atoms with van der Waals surface area (Å²) >= 11 is 0. The van der Waals surface area contributed by atoms with E-state index in [4.69, 9.17) is 0 Å². The van der Waals surface area contributed by atoms with Gasteiger partial charge in [0.1, 0.15) is 0 Å². The van der Waals surface area contributed by atoms with Gasteiger partial charge in [0, 0.05) is 0 Å². The first-order valence-corrected chi connectivity index (χ1v) is 8.44. The standard InChI is InChI=1S/C11H15.C9H11.2HI.Ti/c1-2-6-10(7-3-1)11-8-4-5-9-11;1-2-5-9-7-3-6-8(9)4-1;;;/h4,8,10H,1-3,5-7H2;3,6-7H,1-2,4-5H2;2*1H;/q2*-1;;;+4/p-2. The topological polar surface area (TPSA) is 0 Å². The summed E-state index contributed by atoms with van der Waals surface area (Å²) in [5.74, 6) is 0.863. The molecule has 1 aromatic rings. The number of halogens is 2. The second kappa shape index (κ2) is 13.2. The van der Waals surface area contributed by atoms with Gasteiger partial charge in [-0.25, -0.2) is 17.7 Å². The van der Waals surface area contributed by atoms with E-state index in [1.165, 1.54) is 63.4 Å². The molecule has 0 N–H and O–H groups in total. The smallest absolute Gasteiger partial charge is 1.00 e. The van der Waals surface area contributed by atoms with Crippen molar-refractivity contribution in [1.82, 2.24) is 0 Å². The van der Waals surface area contributed by atoms with Crippen LogP contribution in [-0.4, -0.2) is 0 Å². The normalized spacial score (nSPS) is 19.0. The predicted octanol–water partition coefficient (Wildman–Crippen LogP) is -0.454. The maximum Gasteiger partial charge on any atom is 4.00 e. The molecule has 0 amide bonds. The molecule has 3 aliphatic carbocycles. The molecule has 3 heteroatoms. The quantitative estimate of drug-likeness (QED) is 0.245. The van der Waals surface area contributed by atoms with Gasteiger partial charge in [0.2, 0.25) is 0 Å². The molecular formula is C20H26I2Ti. The Hall–Kier alpha value is 1.00. The van der Waals surface area contributed by atoms with Gasteiger partial charge in [-0.05, 0) is 18.8 Å². The van der Waals surface area contributed by atoms with Crippen molar-refractivity contribution in [2.24, 2.45) is 5.92 Å². The van der Waals surface area contributed by atoms with Crippen LogP contribution in [-0.2, 0) is 34.6 Å². The molecule has 1 saturated carbocycles. The number of hydrogen-bond acceptors (Lipinski definition) is 0. The molecule has 0 radical (unpaired) electrons. The molecule has 4 rings (SSSR count). The van der Waals surface area contributed by atoms with E-state index in [1.54, 1.807) is 11.1 Å². The van der Waals surface area contributed by atoms with Gasteiger partial charge in [-0.3, -0.25) is 6.08 Å². The predicted molar refractivity (Wildman–Crippen MR) is 85.8 cm³/mol. The Morgan fingerprint density at radius 1 is 0.957 bits per heavy atom. The second-order valence-corrected chi connectivity index (χ2v) is 6.36. The first-order valence-electron chi connectivity index (χ1n) is 8.44. The second-order valence-electron chi connectivity index (χ2n) is 6.36. The van der Waals surface area contributed by atoms with Crippen molar-refractivity contribution in [1.29, 1.82) is 0 Å². The van der Waals surface area contributed by atoms with E-state index in [1.807, 2.05) is 0 Å². The fourth-order valence-corrected chi connectivity index (χ4v) is 3.73. The van der Waals surface area contributed by atoms with Crippen LogP contribution in [0.15, 0.2) is 35.9 Å². The summed E-state index contributed by atoms with van der Waals surface area (Å²) in [4.78, 5) is 0. The molecule has 0 atom stereocenters. The van der Waals surface area contributed by atoms with Gasteiger partial charge < -0.3 is 48.0 Å². The fourth-order valence-electron chi connectivity index (χ4n) is 3.73. The van der Waals surface area contributed by atoms with Crippen LogP contribution in [0.4, 0.5) is 0 Å². The van der Waals surface area contributed by atoms with Crippen LogP contribution in [0.5, 0.6) is 0 Å². The van der Waals surface area contributed by atoms with E-state index >= 15 is 0 Å². The molecule has 0 saturated heterocycles. The molecule has 0 heterocycles. The molecule has 1 fully saturated rings. The van der Waals surface area contributed by atoms with Gasteiger partial charge in [0.15, 0.2) is 0 Å². The first-order chi connectivity index (χ1) is 9.93. The summed E-state index contributed by atoms with van der Waals surface area (Å²) < 4.78 is 0. The van der Waals surface area contributed by atoms with E-state index in [0.29, 0.717) is 0 Å². The summed E-state index contributed by atoms with van der Waals surface area (Å²) in [6.07, 6.45) is 21.6. The van der Waals surface area contributed by atoms with Crippen LogP contribution in [0.1, 0.15) is 62.5 Å². The zero-order valence-corrected chi connectivity index (χ0v) is 19.7. The van der Waals surface area contributed by atoms with Crippen LogP contribution in [0.2, 0.25) is 0 Å². The monoisotopic (exact) mass is 568 g/mol. The Labute approximate surface area is 191 Å². The van der Waals surface area contributed by atoms with Gasteiger partial charge in [-0.2, -0.15) is 29.3 Å². The summed E-state index contributed by atoms with van der Waals surface area (Å²) in [7, 11) is 0. The summed E-state index contributed by atoms with van der Waals surface area (Å²) in [6.45, 7) is 0. The van der Waals surface area contributed by atoms with Crippen molar-refractivity contribution < 1.29 is 69.7 Å². The van der Waals surface area contributed by atoms with Crippen LogP contribution in [0, 0.1) is 12.0 Å². The molecule has 0 bridgehead atoms. The van der Waals surface area contributed by atoms with Crippen molar-refractivity contribution in [2.45, 2.75) is 64.2 Å². The number of fused-ring (bicyclic) bond motifs is 1. The average molecular weight is 568 g/mol. The van der Waals surface area contributed by atoms with Crippen LogP contribution in [0.3, 0.4) is 0 Å². The molecule has 23 heavy (non-hydrogen) atoms. The zero-order chi connectivity index (χ0) is 13.6. The Morgan fingerprint density at radius 2 is 1.70 bits per heavy atom. The van der Waals surface area contributed by atoms with E-state index in [2.05, 4.69) is 36.4 Å². The molecule has 0 nitrogen and oxygen atoms in total. The minimum Gasteiger partial charge on any atom is -1.00 e. The minimum absolute atomic E-state index is 0. The third kappa shape index (κ3) is 7.41. The number of aryl methyl sites for hydroxylation is 2. The van der Waals surface area contributed by atoms with Gasteiger partial charge in [0.05, 0.1) is 0 Å². The van der Waals surface area contributed by atoms with Crippen molar-refractivity contribution in [2.75, 3.05) is 0 Å². The van der Waals surface area contributed by atoms with Gasteiger partial charge in [-0.15, -0.1) is 6.42 Å². The van der Waals surface area contributed by atoms with Gasteiger partial charge in [0.25, 0.3) is 0 Å². The molecule has 0 spiro atoms. The van der Waals surface area contributed by atoms with E-state index < -0.39 is 0 Å². The molecule has 1 aromatic carbocycles.